The Morgan fingerprint density at radius 3 is 2.37 bits per heavy atom. The van der Waals surface area contributed by atoms with E-state index < -0.39 is 6.04 Å². The first-order chi connectivity index (χ1) is 20.4. The van der Waals surface area contributed by atoms with E-state index in [1.54, 1.807) is 24.9 Å². The highest BCUT2D eigenvalue weighted by Gasteiger charge is 2.34. The fourth-order valence-corrected chi connectivity index (χ4v) is 5.26. The molecule has 1 aliphatic heterocycles. The minimum Gasteiger partial charge on any atom is -0.343 e. The van der Waals surface area contributed by atoms with Gasteiger partial charge in [0.1, 0.15) is 6.04 Å². The normalized spacial score (nSPS) is 19.1. The summed E-state index contributed by atoms with van der Waals surface area (Å²) in [6.45, 7) is 19.8. The molecule has 0 saturated carbocycles. The lowest BCUT2D eigenvalue weighted by Crippen LogP contribution is -2.58. The van der Waals surface area contributed by atoms with E-state index in [-0.39, 0.29) is 36.2 Å². The van der Waals surface area contributed by atoms with Crippen molar-refractivity contribution in [2.45, 2.75) is 138 Å². The molecule has 0 spiro atoms. The number of hydrogen-bond donors (Lipinski definition) is 2. The van der Waals surface area contributed by atoms with Crippen molar-refractivity contribution >= 4 is 17.7 Å². The molecule has 0 bridgehead atoms. The average molecular weight is 599 g/mol. The van der Waals surface area contributed by atoms with Crippen LogP contribution in [0.3, 0.4) is 0 Å². The van der Waals surface area contributed by atoms with E-state index in [9.17, 15) is 14.4 Å². The standard InChI is InChI=1S/C33H54N4O3.C3H8/c1-9-11-16-27-22-28(17-14-15-24(27)5)34-31(38)25(6)19-21-36(8)33(40)30(23(3)4)35-32(39)29-18-12-13-20-37(29)26(7)10-2;1-3-2/h15,17,19,22-23,26,29-30H,9-14,16,18,20-21H2,1-8H3,(H,34,38)(H,35,39);3H2,1-2H3/b25-19+;. The number of unbranched alkanes of at least 4 members (excludes halogenated alkanes) is 1. The molecular formula is C36H62N4O3. The number of amides is 3. The molecule has 1 heterocycles. The smallest absolute Gasteiger partial charge is 0.251 e. The van der Waals surface area contributed by atoms with Gasteiger partial charge in [0.05, 0.1) is 6.04 Å². The van der Waals surface area contributed by atoms with Crippen LogP contribution in [0, 0.1) is 5.92 Å². The molecule has 244 valence electrons. The SMILES string of the molecule is CCC.CCCCC1=CC(NC(=O)/C(C)=C/CN(C)C(=O)C(NC(=O)C2CCCCN2C(C)CC)C(C)C)=CCC=C1C. The Labute approximate surface area is 263 Å². The molecule has 2 aliphatic rings. The van der Waals surface area contributed by atoms with Crippen molar-refractivity contribution in [2.75, 3.05) is 20.1 Å². The van der Waals surface area contributed by atoms with E-state index in [2.05, 4.69) is 69.2 Å². The van der Waals surface area contributed by atoms with Crippen molar-refractivity contribution in [3.05, 3.63) is 46.7 Å². The topological polar surface area (TPSA) is 81.8 Å². The highest BCUT2D eigenvalue weighted by atomic mass is 16.2. The minimum atomic E-state index is -0.612. The number of nitrogens with one attached hydrogen (secondary N) is 2. The van der Waals surface area contributed by atoms with E-state index in [4.69, 9.17) is 0 Å². The first kappa shape index (κ1) is 38.4. The molecule has 0 aromatic carbocycles. The lowest BCUT2D eigenvalue weighted by molar-refractivity contribution is -0.138. The number of likely N-dealkylation sites (N-methyl/N-ethyl adjacent to an activating group) is 1. The van der Waals surface area contributed by atoms with Crippen LogP contribution < -0.4 is 10.6 Å². The highest BCUT2D eigenvalue weighted by Crippen LogP contribution is 2.23. The zero-order valence-electron chi connectivity index (χ0n) is 29.0. The van der Waals surface area contributed by atoms with Gasteiger partial charge in [0.25, 0.3) is 5.91 Å². The molecule has 1 fully saturated rings. The van der Waals surface area contributed by atoms with E-state index in [0.29, 0.717) is 11.6 Å². The van der Waals surface area contributed by atoms with Gasteiger partial charge in [-0.2, -0.15) is 0 Å². The predicted molar refractivity (Wildman–Crippen MR) is 180 cm³/mol. The first-order valence-corrected chi connectivity index (χ1v) is 16.8. The van der Waals surface area contributed by atoms with Crippen LogP contribution in [0.4, 0.5) is 0 Å². The third kappa shape index (κ3) is 12.8. The number of likely N-dealkylation sites (tertiary alicyclic amines) is 1. The Balaban J connectivity index is 0.00000295. The second kappa shape index (κ2) is 20.3. The molecule has 3 unspecified atom stereocenters. The maximum atomic E-state index is 13.4. The quantitative estimate of drug-likeness (QED) is 0.222. The summed E-state index contributed by atoms with van der Waals surface area (Å²) in [4.78, 5) is 43.6. The van der Waals surface area contributed by atoms with Crippen molar-refractivity contribution in [3.8, 4) is 0 Å². The molecule has 0 radical (unpaired) electrons. The molecule has 7 heteroatoms. The number of rotatable bonds is 13. The second-order valence-corrected chi connectivity index (χ2v) is 12.6. The van der Waals surface area contributed by atoms with Crippen LogP contribution in [0.5, 0.6) is 0 Å². The van der Waals surface area contributed by atoms with Gasteiger partial charge in [0, 0.05) is 30.9 Å². The van der Waals surface area contributed by atoms with Gasteiger partial charge in [0.2, 0.25) is 11.8 Å². The molecular weight excluding hydrogens is 536 g/mol. The Bertz CT molecular complexity index is 1020. The van der Waals surface area contributed by atoms with Crippen molar-refractivity contribution < 1.29 is 14.4 Å². The fraction of sp³-hybridized carbons (Fsp3) is 0.694. The molecule has 2 rings (SSSR count). The molecule has 7 nitrogen and oxygen atoms in total. The summed E-state index contributed by atoms with van der Waals surface area (Å²) in [5, 5.41) is 6.12. The number of piperidine rings is 1. The van der Waals surface area contributed by atoms with E-state index in [0.717, 1.165) is 63.6 Å². The van der Waals surface area contributed by atoms with Crippen LogP contribution in [0.1, 0.15) is 120 Å². The van der Waals surface area contributed by atoms with E-state index >= 15 is 0 Å². The molecule has 3 atom stereocenters. The molecule has 2 N–H and O–H groups in total. The van der Waals surface area contributed by atoms with Gasteiger partial charge in [-0.3, -0.25) is 19.3 Å². The molecule has 0 aromatic heterocycles. The van der Waals surface area contributed by atoms with Gasteiger partial charge < -0.3 is 15.5 Å². The average Bonchev–Trinajstić information content (AvgIpc) is 3.16. The number of carbonyl (C=O) groups is 3. The van der Waals surface area contributed by atoms with Crippen molar-refractivity contribution in [2.24, 2.45) is 5.92 Å². The fourth-order valence-electron chi connectivity index (χ4n) is 5.26. The van der Waals surface area contributed by atoms with Crippen molar-refractivity contribution in [1.29, 1.82) is 0 Å². The number of hydrogen-bond acceptors (Lipinski definition) is 4. The monoisotopic (exact) mass is 598 g/mol. The third-order valence-electron chi connectivity index (χ3n) is 8.30. The van der Waals surface area contributed by atoms with Crippen LogP contribution >= 0.6 is 0 Å². The van der Waals surface area contributed by atoms with Gasteiger partial charge in [0.15, 0.2) is 0 Å². The Morgan fingerprint density at radius 1 is 1.09 bits per heavy atom. The summed E-state index contributed by atoms with van der Waals surface area (Å²) in [7, 11) is 1.72. The maximum absolute atomic E-state index is 13.4. The summed E-state index contributed by atoms with van der Waals surface area (Å²) in [5.41, 5.74) is 3.90. The van der Waals surface area contributed by atoms with Gasteiger partial charge in [-0.1, -0.05) is 84.6 Å². The summed E-state index contributed by atoms with van der Waals surface area (Å²) in [5.74, 6) is -0.427. The van der Waals surface area contributed by atoms with Crippen molar-refractivity contribution in [3.63, 3.8) is 0 Å². The summed E-state index contributed by atoms with van der Waals surface area (Å²) < 4.78 is 0. The highest BCUT2D eigenvalue weighted by molar-refractivity contribution is 5.94. The third-order valence-corrected chi connectivity index (χ3v) is 8.30. The number of nitrogens with zero attached hydrogens (tertiary/aromatic N) is 2. The van der Waals surface area contributed by atoms with Crippen LogP contribution in [-0.2, 0) is 14.4 Å². The van der Waals surface area contributed by atoms with Gasteiger partial charge in [-0.05, 0) is 83.4 Å². The molecule has 1 aliphatic carbocycles. The Kier molecular flexibility index (Phi) is 18.1. The largest absolute Gasteiger partial charge is 0.343 e. The van der Waals surface area contributed by atoms with E-state index in [1.807, 2.05) is 19.9 Å². The van der Waals surface area contributed by atoms with Gasteiger partial charge in [-0.15, -0.1) is 0 Å². The first-order valence-electron chi connectivity index (χ1n) is 16.8. The van der Waals surface area contributed by atoms with Crippen LogP contribution in [0.2, 0.25) is 0 Å². The molecule has 1 saturated heterocycles. The summed E-state index contributed by atoms with van der Waals surface area (Å²) >= 11 is 0. The van der Waals surface area contributed by atoms with Crippen LogP contribution in [0.25, 0.3) is 0 Å². The van der Waals surface area contributed by atoms with Gasteiger partial charge in [-0.25, -0.2) is 0 Å². The number of carbonyl (C=O) groups excluding carboxylic acids is 3. The minimum absolute atomic E-state index is 0.0548. The number of allylic oxidation sites excluding steroid dienone is 5. The summed E-state index contributed by atoms with van der Waals surface area (Å²) in [6, 6.07) is -0.472. The van der Waals surface area contributed by atoms with Crippen molar-refractivity contribution in [1.82, 2.24) is 20.4 Å². The molecule has 3 amide bonds. The maximum Gasteiger partial charge on any atom is 0.251 e. The lowest BCUT2D eigenvalue weighted by Gasteiger charge is -2.39. The van der Waals surface area contributed by atoms with Crippen LogP contribution in [-0.4, -0.2) is 65.8 Å². The van der Waals surface area contributed by atoms with Gasteiger partial charge >= 0.3 is 0 Å². The molecule has 0 aromatic rings. The van der Waals surface area contributed by atoms with E-state index in [1.165, 1.54) is 17.6 Å². The van der Waals surface area contributed by atoms with Crippen LogP contribution in [0.15, 0.2) is 46.7 Å². The Morgan fingerprint density at radius 2 is 1.77 bits per heavy atom. The molecule has 43 heavy (non-hydrogen) atoms. The Hall–Kier alpha value is -2.67. The lowest BCUT2D eigenvalue weighted by atomic mass is 9.96. The second-order valence-electron chi connectivity index (χ2n) is 12.6. The zero-order valence-corrected chi connectivity index (χ0v) is 29.0. The zero-order chi connectivity index (χ0) is 32.5. The predicted octanol–water partition coefficient (Wildman–Crippen LogP) is 7.07. The summed E-state index contributed by atoms with van der Waals surface area (Å²) in [6.07, 6.45) is 17.3.